The Balaban J connectivity index is 5.21. The van der Waals surface area contributed by atoms with Gasteiger partial charge in [-0.3, -0.25) is 37.3 Å². The molecule has 19 heteroatoms. The van der Waals surface area contributed by atoms with Crippen LogP contribution >= 0.6 is 15.6 Å². The molecule has 0 saturated carbocycles. The Bertz CT molecular complexity index is 2100. The number of rotatable bonds is 90. The van der Waals surface area contributed by atoms with E-state index in [9.17, 15) is 43.2 Å². The van der Waals surface area contributed by atoms with Gasteiger partial charge in [-0.1, -0.05) is 440 Å². The lowest BCUT2D eigenvalue weighted by Gasteiger charge is -2.21. The number of ether oxygens (including phenoxy) is 4. The van der Waals surface area contributed by atoms with Crippen molar-refractivity contribution < 1.29 is 80.2 Å². The molecule has 0 aromatic rings. The molecule has 110 heavy (non-hydrogen) atoms. The number of esters is 4. The zero-order valence-electron chi connectivity index (χ0n) is 72.6. The molecule has 0 aliphatic heterocycles. The number of unbranched alkanes of at least 4 members (excludes halogenated alkanes) is 60. The normalized spacial score (nSPS) is 13.7. The first-order valence-electron chi connectivity index (χ1n) is 47.0. The monoisotopic (exact) mass is 1610 g/mol. The minimum atomic E-state index is -4.97. The van der Waals surface area contributed by atoms with E-state index in [1.165, 1.54) is 302 Å². The zero-order valence-corrected chi connectivity index (χ0v) is 74.4. The van der Waals surface area contributed by atoms with Gasteiger partial charge in [-0.05, 0) is 37.5 Å². The Morgan fingerprint density at radius 3 is 0.618 bits per heavy atom. The van der Waals surface area contributed by atoms with Gasteiger partial charge in [0.2, 0.25) is 0 Å². The zero-order chi connectivity index (χ0) is 80.6. The molecule has 0 aromatic carbocycles. The van der Waals surface area contributed by atoms with Crippen LogP contribution in [0.5, 0.6) is 0 Å². The van der Waals surface area contributed by atoms with Gasteiger partial charge < -0.3 is 33.8 Å². The molecule has 0 fully saturated rings. The first-order valence-corrected chi connectivity index (χ1v) is 50.0. The molecule has 0 saturated heterocycles. The summed E-state index contributed by atoms with van der Waals surface area (Å²) in [5.41, 5.74) is 0. The Morgan fingerprint density at radius 2 is 0.418 bits per heavy atom. The van der Waals surface area contributed by atoms with E-state index >= 15 is 0 Å². The maximum Gasteiger partial charge on any atom is 0.472 e. The topological polar surface area (TPSA) is 237 Å². The number of aliphatic hydroxyl groups is 1. The largest absolute Gasteiger partial charge is 0.472 e. The van der Waals surface area contributed by atoms with Gasteiger partial charge in [-0.2, -0.15) is 0 Å². The van der Waals surface area contributed by atoms with Crippen LogP contribution < -0.4 is 0 Å². The van der Waals surface area contributed by atoms with Crippen molar-refractivity contribution in [2.24, 2.45) is 11.8 Å². The summed E-state index contributed by atoms with van der Waals surface area (Å²) < 4.78 is 69.0. The third-order valence-electron chi connectivity index (χ3n) is 21.5. The second kappa shape index (κ2) is 82.2. The van der Waals surface area contributed by atoms with E-state index in [-0.39, 0.29) is 25.7 Å². The number of hydrogen-bond donors (Lipinski definition) is 3. The fourth-order valence-electron chi connectivity index (χ4n) is 14.3. The summed E-state index contributed by atoms with van der Waals surface area (Å²) in [6.07, 6.45) is 76.7. The summed E-state index contributed by atoms with van der Waals surface area (Å²) in [6, 6.07) is 0. The van der Waals surface area contributed by atoms with E-state index < -0.39 is 97.5 Å². The SMILES string of the molecule is CCCCCCCCCCCCCCCCCCCCCCCCC(=O)O[C@H](COC(=O)CCCCCCCCCCCCCCCCCCCCCC)COP(=O)(O)OC[C@@H](O)COP(=O)(O)OC[C@@H](COC(=O)CCCCCCCCCC(C)C)OC(=O)CCCCCCCCCCCCCCCCCC(C)C. The van der Waals surface area contributed by atoms with Crippen molar-refractivity contribution in [3.05, 3.63) is 0 Å². The summed E-state index contributed by atoms with van der Waals surface area (Å²) in [5, 5.41) is 10.7. The van der Waals surface area contributed by atoms with Crippen LogP contribution in [-0.2, 0) is 65.4 Å². The molecule has 0 spiro atoms. The fraction of sp³-hybridized carbons (Fsp3) is 0.956. The van der Waals surface area contributed by atoms with Crippen molar-refractivity contribution in [2.45, 2.75) is 509 Å². The van der Waals surface area contributed by atoms with Crippen molar-refractivity contribution in [1.82, 2.24) is 0 Å². The smallest absolute Gasteiger partial charge is 0.462 e. The molecular formula is C91H178O17P2. The van der Waals surface area contributed by atoms with E-state index in [0.29, 0.717) is 31.6 Å². The van der Waals surface area contributed by atoms with Gasteiger partial charge in [-0.25, -0.2) is 9.13 Å². The Kier molecular flexibility index (Phi) is 80.7. The summed E-state index contributed by atoms with van der Waals surface area (Å²) in [7, 11) is -9.93. The molecule has 0 rings (SSSR count). The van der Waals surface area contributed by atoms with Gasteiger partial charge in [0, 0.05) is 25.7 Å². The number of carbonyl (C=O) groups excluding carboxylic acids is 4. The number of aliphatic hydroxyl groups excluding tert-OH is 1. The summed E-state index contributed by atoms with van der Waals surface area (Å²) in [6.45, 7) is 9.67. The molecule has 2 unspecified atom stereocenters. The molecule has 0 radical (unpaired) electrons. The molecule has 654 valence electrons. The average Bonchev–Trinajstić information content (AvgIpc) is 0.898. The van der Waals surface area contributed by atoms with Crippen LogP contribution in [0.15, 0.2) is 0 Å². The van der Waals surface area contributed by atoms with E-state index in [0.717, 1.165) is 102 Å². The first-order chi connectivity index (χ1) is 53.4. The number of hydrogen-bond acceptors (Lipinski definition) is 15. The molecule has 0 aliphatic rings. The van der Waals surface area contributed by atoms with Crippen LogP contribution in [0.2, 0.25) is 0 Å². The van der Waals surface area contributed by atoms with Crippen LogP contribution in [0, 0.1) is 11.8 Å². The van der Waals surface area contributed by atoms with E-state index in [4.69, 9.17) is 37.0 Å². The van der Waals surface area contributed by atoms with Gasteiger partial charge in [0.25, 0.3) is 0 Å². The quantitative estimate of drug-likeness (QED) is 0.0222. The summed E-state index contributed by atoms with van der Waals surface area (Å²) >= 11 is 0. The Hall–Kier alpha value is -1.94. The van der Waals surface area contributed by atoms with E-state index in [1.54, 1.807) is 0 Å². The average molecular weight is 1610 g/mol. The van der Waals surface area contributed by atoms with Crippen LogP contribution in [0.3, 0.4) is 0 Å². The first kappa shape index (κ1) is 108. The lowest BCUT2D eigenvalue weighted by Crippen LogP contribution is -2.30. The van der Waals surface area contributed by atoms with E-state index in [1.807, 2.05) is 0 Å². The second-order valence-electron chi connectivity index (χ2n) is 33.6. The van der Waals surface area contributed by atoms with Gasteiger partial charge in [0.05, 0.1) is 26.4 Å². The highest BCUT2D eigenvalue weighted by atomic mass is 31.2. The molecule has 0 aromatic heterocycles. The maximum absolute atomic E-state index is 13.2. The standard InChI is InChI=1S/C91H178O17P2/c1-7-9-11-13-15-17-19-21-23-25-27-29-30-32-34-38-42-46-50-56-63-69-75-90(95)107-86(79-101-88(93)73-67-61-55-49-45-41-37-33-31-28-26-24-22-20-18-16-14-12-10-8-2)81-105-109(97,98)103-77-85(92)78-104-110(99,100)106-82-87(80-102-89(94)74-68-62-58-52-54-60-66-72-84(5)6)108-91(96)76-70-64-57-51-47-43-39-35-36-40-44-48-53-59-65-71-83(3)4/h83-87,92H,7-82H2,1-6H3,(H,97,98)(H,99,100)/t85-,86-,87-/m1/s1. The molecular weight excluding hydrogens is 1430 g/mol. The van der Waals surface area contributed by atoms with Crippen molar-refractivity contribution >= 4 is 39.5 Å². The van der Waals surface area contributed by atoms with Crippen LogP contribution in [0.25, 0.3) is 0 Å². The Labute approximate surface area is 677 Å². The highest BCUT2D eigenvalue weighted by molar-refractivity contribution is 7.47. The molecule has 5 atom stereocenters. The van der Waals surface area contributed by atoms with Crippen LogP contribution in [-0.4, -0.2) is 96.7 Å². The minimum Gasteiger partial charge on any atom is -0.462 e. The summed E-state index contributed by atoms with van der Waals surface area (Å²) in [5.74, 6) is -0.591. The summed E-state index contributed by atoms with van der Waals surface area (Å²) in [4.78, 5) is 73.4. The molecule has 0 bridgehead atoms. The fourth-order valence-corrected chi connectivity index (χ4v) is 15.9. The lowest BCUT2D eigenvalue weighted by molar-refractivity contribution is -0.161. The van der Waals surface area contributed by atoms with Gasteiger partial charge in [0.15, 0.2) is 12.2 Å². The maximum atomic E-state index is 13.2. The number of phosphoric ester groups is 2. The van der Waals surface area contributed by atoms with Crippen molar-refractivity contribution in [3.63, 3.8) is 0 Å². The molecule has 0 aliphatic carbocycles. The van der Waals surface area contributed by atoms with Crippen molar-refractivity contribution in [2.75, 3.05) is 39.6 Å². The minimum absolute atomic E-state index is 0.107. The predicted octanol–water partition coefficient (Wildman–Crippen LogP) is 28.2. The third-order valence-corrected chi connectivity index (χ3v) is 23.4. The van der Waals surface area contributed by atoms with Crippen molar-refractivity contribution in [3.8, 4) is 0 Å². The highest BCUT2D eigenvalue weighted by Gasteiger charge is 2.31. The van der Waals surface area contributed by atoms with Gasteiger partial charge in [-0.15, -0.1) is 0 Å². The predicted molar refractivity (Wildman–Crippen MR) is 455 cm³/mol. The lowest BCUT2D eigenvalue weighted by atomic mass is 10.0. The molecule has 0 amide bonds. The number of phosphoric acid groups is 2. The molecule has 3 N–H and O–H groups in total. The van der Waals surface area contributed by atoms with Gasteiger partial charge >= 0.3 is 39.5 Å². The number of carbonyl (C=O) groups is 4. The van der Waals surface area contributed by atoms with E-state index in [2.05, 4.69) is 41.5 Å². The highest BCUT2D eigenvalue weighted by Crippen LogP contribution is 2.45. The molecule has 17 nitrogen and oxygen atoms in total. The van der Waals surface area contributed by atoms with Crippen LogP contribution in [0.4, 0.5) is 0 Å². The molecule has 0 heterocycles. The van der Waals surface area contributed by atoms with Crippen molar-refractivity contribution in [1.29, 1.82) is 0 Å². The van der Waals surface area contributed by atoms with Crippen LogP contribution in [0.1, 0.15) is 491 Å². The third kappa shape index (κ3) is 84.0. The second-order valence-corrected chi connectivity index (χ2v) is 36.6. The van der Waals surface area contributed by atoms with Gasteiger partial charge in [0.1, 0.15) is 19.3 Å². The Morgan fingerprint density at radius 1 is 0.245 bits per heavy atom.